The van der Waals surface area contributed by atoms with Crippen LogP contribution in [0.15, 0.2) is 15.7 Å². The Hall–Kier alpha value is -0.960. The van der Waals surface area contributed by atoms with Crippen molar-refractivity contribution in [1.82, 2.24) is 9.62 Å². The first-order valence-corrected chi connectivity index (χ1v) is 8.23. The van der Waals surface area contributed by atoms with Gasteiger partial charge in [-0.25, -0.2) is 8.42 Å². The number of hydrogen-bond acceptors (Lipinski definition) is 5. The molecule has 1 fully saturated rings. The average Bonchev–Trinajstić information content (AvgIpc) is 2.94. The summed E-state index contributed by atoms with van der Waals surface area (Å²) in [6.45, 7) is 1.92. The molecule has 1 saturated heterocycles. The van der Waals surface area contributed by atoms with E-state index >= 15 is 0 Å². The van der Waals surface area contributed by atoms with E-state index in [1.54, 1.807) is 18.4 Å². The van der Waals surface area contributed by atoms with Crippen LogP contribution < -0.4 is 11.1 Å². The molecule has 2 heterocycles. The smallest absolute Gasteiger partial charge is 0.253 e. The Morgan fingerprint density at radius 2 is 2.26 bits per heavy atom. The van der Waals surface area contributed by atoms with Crippen LogP contribution in [-0.2, 0) is 14.8 Å². The summed E-state index contributed by atoms with van der Waals surface area (Å²) >= 11 is 1.16. The van der Waals surface area contributed by atoms with Gasteiger partial charge in [0, 0.05) is 19.6 Å². The van der Waals surface area contributed by atoms with E-state index < -0.39 is 16.1 Å². The minimum absolute atomic E-state index is 0.178. The molecule has 3 N–H and O–H groups in total. The number of hydrogen-bond donors (Lipinski definition) is 2. The van der Waals surface area contributed by atoms with Gasteiger partial charge in [-0.15, -0.1) is 11.3 Å². The lowest BCUT2D eigenvalue weighted by Gasteiger charge is -2.22. The van der Waals surface area contributed by atoms with E-state index in [-0.39, 0.29) is 22.7 Å². The van der Waals surface area contributed by atoms with E-state index in [0.29, 0.717) is 12.0 Å². The molecule has 0 unspecified atom stereocenters. The molecule has 0 bridgehead atoms. The second kappa shape index (κ2) is 5.20. The van der Waals surface area contributed by atoms with Gasteiger partial charge in [0.2, 0.25) is 5.91 Å². The van der Waals surface area contributed by atoms with E-state index in [1.165, 1.54) is 11.4 Å². The van der Waals surface area contributed by atoms with Gasteiger partial charge in [0.1, 0.15) is 10.3 Å². The Morgan fingerprint density at radius 1 is 1.58 bits per heavy atom. The van der Waals surface area contributed by atoms with Gasteiger partial charge in [-0.2, -0.15) is 4.31 Å². The molecule has 1 aliphatic rings. The first kappa shape index (κ1) is 14.4. The lowest BCUT2D eigenvalue weighted by atomic mass is 10.2. The summed E-state index contributed by atoms with van der Waals surface area (Å²) in [5.74, 6) is -0.314. The molecule has 1 aromatic heterocycles. The number of nitrogens with two attached hydrogens (primary N) is 1. The molecule has 0 aliphatic carbocycles. The predicted octanol–water partition coefficient (Wildman–Crippen LogP) is -0.107. The summed E-state index contributed by atoms with van der Waals surface area (Å²) in [7, 11) is -2.16. The van der Waals surface area contributed by atoms with Gasteiger partial charge in [-0.1, -0.05) is 0 Å². The van der Waals surface area contributed by atoms with Crippen LogP contribution in [0.2, 0.25) is 0 Å². The molecule has 0 aromatic carbocycles. The Bertz CT molecular complexity index is 582. The Labute approximate surface area is 116 Å². The fourth-order valence-corrected chi connectivity index (χ4v) is 5.42. The normalized spacial score (nSPS) is 24.6. The molecule has 6 nitrogen and oxygen atoms in total. The second-order valence-corrected chi connectivity index (χ2v) is 7.59. The zero-order valence-corrected chi connectivity index (χ0v) is 12.4. The van der Waals surface area contributed by atoms with Crippen LogP contribution in [0, 0.1) is 6.92 Å². The highest BCUT2D eigenvalue weighted by Crippen LogP contribution is 2.30. The Morgan fingerprint density at radius 3 is 2.79 bits per heavy atom. The highest BCUT2D eigenvalue weighted by molar-refractivity contribution is 7.91. The third-order valence-corrected chi connectivity index (χ3v) is 6.74. The standard InChI is InChI=1S/C11H17N3O3S2/c1-7-3-4-18-11(7)19(16,17)14-6-8(12)5-9(14)10(15)13-2/h3-4,8-9H,5-6,12H2,1-2H3,(H,13,15)/t8-,9-/m0/s1. The van der Waals surface area contributed by atoms with Gasteiger partial charge in [0.05, 0.1) is 0 Å². The molecule has 0 spiro atoms. The van der Waals surface area contributed by atoms with Gasteiger partial charge in [-0.05, 0) is 30.4 Å². The number of nitrogens with zero attached hydrogens (tertiary/aromatic N) is 1. The lowest BCUT2D eigenvalue weighted by Crippen LogP contribution is -2.44. The average molecular weight is 303 g/mol. The zero-order chi connectivity index (χ0) is 14.2. The first-order valence-electron chi connectivity index (χ1n) is 5.91. The number of likely N-dealkylation sites (N-methyl/N-ethyl adjacent to an activating group) is 1. The number of thiophene rings is 1. The molecule has 0 saturated carbocycles. The topological polar surface area (TPSA) is 92.5 Å². The molecule has 2 rings (SSSR count). The molecule has 8 heteroatoms. The number of rotatable bonds is 3. The van der Waals surface area contributed by atoms with Crippen molar-refractivity contribution in [3.8, 4) is 0 Å². The minimum Gasteiger partial charge on any atom is -0.358 e. The molecule has 2 atom stereocenters. The van der Waals surface area contributed by atoms with E-state index in [1.807, 2.05) is 0 Å². The summed E-state index contributed by atoms with van der Waals surface area (Å²) in [5.41, 5.74) is 6.51. The number of carbonyl (C=O) groups is 1. The van der Waals surface area contributed by atoms with Crippen molar-refractivity contribution in [2.75, 3.05) is 13.6 Å². The van der Waals surface area contributed by atoms with E-state index in [2.05, 4.69) is 5.32 Å². The van der Waals surface area contributed by atoms with Crippen LogP contribution in [0.5, 0.6) is 0 Å². The van der Waals surface area contributed by atoms with Crippen LogP contribution in [0.4, 0.5) is 0 Å². The molecule has 19 heavy (non-hydrogen) atoms. The maximum absolute atomic E-state index is 12.6. The second-order valence-electron chi connectivity index (χ2n) is 4.59. The number of amides is 1. The Kier molecular flexibility index (Phi) is 3.95. The van der Waals surface area contributed by atoms with Gasteiger partial charge in [-0.3, -0.25) is 4.79 Å². The van der Waals surface area contributed by atoms with E-state index in [4.69, 9.17) is 5.73 Å². The van der Waals surface area contributed by atoms with Crippen molar-refractivity contribution in [3.63, 3.8) is 0 Å². The Balaban J connectivity index is 2.39. The largest absolute Gasteiger partial charge is 0.358 e. The number of carbonyl (C=O) groups excluding carboxylic acids is 1. The van der Waals surface area contributed by atoms with Gasteiger partial charge in [0.25, 0.3) is 10.0 Å². The van der Waals surface area contributed by atoms with Crippen molar-refractivity contribution in [2.45, 2.75) is 29.6 Å². The monoisotopic (exact) mass is 303 g/mol. The quantitative estimate of drug-likeness (QED) is 0.815. The highest BCUT2D eigenvalue weighted by Gasteiger charge is 2.43. The molecule has 1 aromatic rings. The maximum atomic E-state index is 12.6. The van der Waals surface area contributed by atoms with Gasteiger partial charge < -0.3 is 11.1 Å². The SMILES string of the molecule is CNC(=O)[C@@H]1C[C@H](N)CN1S(=O)(=O)c1sccc1C. The van der Waals surface area contributed by atoms with Crippen molar-refractivity contribution in [1.29, 1.82) is 0 Å². The van der Waals surface area contributed by atoms with Crippen molar-refractivity contribution in [2.24, 2.45) is 5.73 Å². The maximum Gasteiger partial charge on any atom is 0.253 e. The zero-order valence-electron chi connectivity index (χ0n) is 10.8. The molecule has 1 amide bonds. The summed E-state index contributed by atoms with van der Waals surface area (Å²) in [4.78, 5) is 11.8. The molecular formula is C11H17N3O3S2. The number of nitrogens with one attached hydrogen (secondary N) is 1. The molecular weight excluding hydrogens is 286 g/mol. The highest BCUT2D eigenvalue weighted by atomic mass is 32.2. The fourth-order valence-electron chi connectivity index (χ4n) is 2.24. The predicted molar refractivity (Wildman–Crippen MR) is 73.4 cm³/mol. The summed E-state index contributed by atoms with van der Waals surface area (Å²) < 4.78 is 26.7. The number of aryl methyl sites for hydroxylation is 1. The third-order valence-electron chi connectivity index (χ3n) is 3.20. The van der Waals surface area contributed by atoms with Crippen molar-refractivity contribution < 1.29 is 13.2 Å². The van der Waals surface area contributed by atoms with Crippen LogP contribution in [0.25, 0.3) is 0 Å². The lowest BCUT2D eigenvalue weighted by molar-refractivity contribution is -0.123. The first-order chi connectivity index (χ1) is 8.87. The van der Waals surface area contributed by atoms with Crippen LogP contribution in [0.1, 0.15) is 12.0 Å². The number of sulfonamides is 1. The van der Waals surface area contributed by atoms with E-state index in [0.717, 1.165) is 11.3 Å². The van der Waals surface area contributed by atoms with E-state index in [9.17, 15) is 13.2 Å². The third kappa shape index (κ3) is 2.53. The summed E-state index contributed by atoms with van der Waals surface area (Å²) in [6, 6.07) is 0.728. The van der Waals surface area contributed by atoms with Crippen molar-refractivity contribution >= 4 is 27.3 Å². The molecule has 0 radical (unpaired) electrons. The van der Waals surface area contributed by atoms with Crippen molar-refractivity contribution in [3.05, 3.63) is 17.0 Å². The molecule has 1 aliphatic heterocycles. The van der Waals surface area contributed by atoms with Crippen LogP contribution in [0.3, 0.4) is 0 Å². The molecule has 106 valence electrons. The van der Waals surface area contributed by atoms with Gasteiger partial charge in [0.15, 0.2) is 0 Å². The fraction of sp³-hybridized carbons (Fsp3) is 0.545. The minimum atomic E-state index is -3.65. The van der Waals surface area contributed by atoms with Gasteiger partial charge >= 0.3 is 0 Å². The summed E-state index contributed by atoms with van der Waals surface area (Å²) in [6.07, 6.45) is 0.351. The summed E-state index contributed by atoms with van der Waals surface area (Å²) in [5, 5.41) is 4.22. The van der Waals surface area contributed by atoms with Crippen LogP contribution in [-0.4, -0.2) is 44.3 Å². The van der Waals surface area contributed by atoms with Crippen LogP contribution >= 0.6 is 11.3 Å².